The summed E-state index contributed by atoms with van der Waals surface area (Å²) < 4.78 is 0. The molecule has 1 N–H and O–H groups in total. The maximum Gasteiger partial charge on any atom is 0.224 e. The first-order valence-corrected chi connectivity index (χ1v) is 6.87. The summed E-state index contributed by atoms with van der Waals surface area (Å²) in [7, 11) is 0. The molecule has 0 spiro atoms. The molecule has 0 atom stereocenters. The lowest BCUT2D eigenvalue weighted by atomic mass is 10.1. The fourth-order valence-electron chi connectivity index (χ4n) is 1.85. The van der Waals surface area contributed by atoms with Crippen molar-refractivity contribution in [2.75, 3.05) is 6.54 Å². The summed E-state index contributed by atoms with van der Waals surface area (Å²) in [5, 5.41) is 11.6. The second-order valence-electron chi connectivity index (χ2n) is 5.23. The summed E-state index contributed by atoms with van der Waals surface area (Å²) in [5.74, 6) is 0.781. The van der Waals surface area contributed by atoms with Gasteiger partial charge in [0.15, 0.2) is 0 Å². The molecule has 0 unspecified atom stereocenters. The number of amides is 1. The summed E-state index contributed by atoms with van der Waals surface area (Å²) in [6.07, 6.45) is 3.80. The number of benzene rings is 1. The van der Waals surface area contributed by atoms with Gasteiger partial charge in [0.05, 0.1) is 18.1 Å². The molecule has 0 fully saturated rings. The predicted octanol–water partition coefficient (Wildman–Crippen LogP) is 3.04. The molecule has 0 saturated heterocycles. The second kappa shape index (κ2) is 8.31. The Morgan fingerprint density at radius 3 is 2.53 bits per heavy atom. The van der Waals surface area contributed by atoms with Crippen LogP contribution in [0, 0.1) is 17.2 Å². The fraction of sp³-hybridized carbons (Fsp3) is 0.500. The SMILES string of the molecule is CC(C)CCCCNC(=O)Cc1ccc(C#N)cc1. The van der Waals surface area contributed by atoms with Crippen LogP contribution < -0.4 is 5.32 Å². The van der Waals surface area contributed by atoms with E-state index in [1.54, 1.807) is 12.1 Å². The van der Waals surface area contributed by atoms with Crippen LogP contribution in [0.4, 0.5) is 0 Å². The van der Waals surface area contributed by atoms with Crippen molar-refractivity contribution in [2.45, 2.75) is 39.5 Å². The van der Waals surface area contributed by atoms with Gasteiger partial charge in [0.2, 0.25) is 5.91 Å². The van der Waals surface area contributed by atoms with Crippen LogP contribution in [0.2, 0.25) is 0 Å². The van der Waals surface area contributed by atoms with Crippen LogP contribution in [0.15, 0.2) is 24.3 Å². The molecule has 0 aliphatic rings. The third-order valence-electron chi connectivity index (χ3n) is 2.98. The molecule has 3 heteroatoms. The van der Waals surface area contributed by atoms with Crippen molar-refractivity contribution in [1.29, 1.82) is 5.26 Å². The molecule has 19 heavy (non-hydrogen) atoms. The topological polar surface area (TPSA) is 52.9 Å². The molecule has 0 heterocycles. The van der Waals surface area contributed by atoms with Crippen LogP contribution in [-0.4, -0.2) is 12.5 Å². The highest BCUT2D eigenvalue weighted by molar-refractivity contribution is 5.78. The maximum absolute atomic E-state index is 11.7. The lowest BCUT2D eigenvalue weighted by Crippen LogP contribution is -2.26. The van der Waals surface area contributed by atoms with Gasteiger partial charge in [0.1, 0.15) is 0 Å². The number of hydrogen-bond donors (Lipinski definition) is 1. The van der Waals surface area contributed by atoms with Gasteiger partial charge < -0.3 is 5.32 Å². The minimum absolute atomic E-state index is 0.0502. The predicted molar refractivity (Wildman–Crippen MR) is 76.6 cm³/mol. The highest BCUT2D eigenvalue weighted by Crippen LogP contribution is 2.06. The standard InChI is InChI=1S/C16H22N2O/c1-13(2)5-3-4-10-18-16(19)11-14-6-8-15(12-17)9-7-14/h6-9,13H,3-5,10-11H2,1-2H3,(H,18,19). The van der Waals surface area contributed by atoms with Gasteiger partial charge in [0.25, 0.3) is 0 Å². The van der Waals surface area contributed by atoms with Crippen molar-refractivity contribution in [2.24, 2.45) is 5.92 Å². The Morgan fingerprint density at radius 2 is 1.95 bits per heavy atom. The Hall–Kier alpha value is -1.82. The molecule has 102 valence electrons. The number of hydrogen-bond acceptors (Lipinski definition) is 2. The van der Waals surface area contributed by atoms with Crippen molar-refractivity contribution >= 4 is 5.91 Å². The maximum atomic E-state index is 11.7. The molecule has 0 aliphatic heterocycles. The molecule has 1 rings (SSSR count). The number of nitriles is 1. The Morgan fingerprint density at radius 1 is 1.26 bits per heavy atom. The largest absolute Gasteiger partial charge is 0.356 e. The zero-order valence-corrected chi connectivity index (χ0v) is 11.8. The Balaban J connectivity index is 2.22. The second-order valence-corrected chi connectivity index (χ2v) is 5.23. The van der Waals surface area contributed by atoms with E-state index in [4.69, 9.17) is 5.26 Å². The number of nitrogens with one attached hydrogen (secondary N) is 1. The summed E-state index contributed by atoms with van der Waals surface area (Å²) in [5.41, 5.74) is 1.57. The van der Waals surface area contributed by atoms with E-state index < -0.39 is 0 Å². The zero-order chi connectivity index (χ0) is 14.1. The summed E-state index contributed by atoms with van der Waals surface area (Å²) in [4.78, 5) is 11.7. The molecule has 0 aliphatic carbocycles. The number of carbonyl (C=O) groups excluding carboxylic acids is 1. The van der Waals surface area contributed by atoms with Crippen molar-refractivity contribution in [1.82, 2.24) is 5.32 Å². The van der Waals surface area contributed by atoms with E-state index in [1.165, 1.54) is 6.42 Å². The Labute approximate surface area is 115 Å². The van der Waals surface area contributed by atoms with Crippen molar-refractivity contribution in [3.05, 3.63) is 35.4 Å². The summed E-state index contributed by atoms with van der Waals surface area (Å²) >= 11 is 0. The molecule has 0 aromatic heterocycles. The molecule has 3 nitrogen and oxygen atoms in total. The van der Waals surface area contributed by atoms with Crippen LogP contribution in [-0.2, 0) is 11.2 Å². The number of unbranched alkanes of at least 4 members (excludes halogenated alkanes) is 1. The van der Waals surface area contributed by atoms with Gasteiger partial charge in [-0.05, 0) is 30.0 Å². The van der Waals surface area contributed by atoms with Crippen LogP contribution in [0.3, 0.4) is 0 Å². The lowest BCUT2D eigenvalue weighted by Gasteiger charge is -2.06. The van der Waals surface area contributed by atoms with Crippen LogP contribution in [0.25, 0.3) is 0 Å². The minimum Gasteiger partial charge on any atom is -0.356 e. The summed E-state index contributed by atoms with van der Waals surface area (Å²) in [6, 6.07) is 9.21. The minimum atomic E-state index is 0.0502. The molecule has 0 bridgehead atoms. The molecule has 0 saturated carbocycles. The third kappa shape index (κ3) is 6.61. The lowest BCUT2D eigenvalue weighted by molar-refractivity contribution is -0.120. The van der Waals surface area contributed by atoms with E-state index in [0.29, 0.717) is 12.0 Å². The van der Waals surface area contributed by atoms with Gasteiger partial charge >= 0.3 is 0 Å². The van der Waals surface area contributed by atoms with Crippen molar-refractivity contribution in [3.63, 3.8) is 0 Å². The first-order valence-electron chi connectivity index (χ1n) is 6.87. The van der Waals surface area contributed by atoms with Crippen molar-refractivity contribution < 1.29 is 4.79 Å². The molecule has 1 aromatic rings. The van der Waals surface area contributed by atoms with Crippen molar-refractivity contribution in [3.8, 4) is 6.07 Å². The fourth-order valence-corrected chi connectivity index (χ4v) is 1.85. The smallest absolute Gasteiger partial charge is 0.224 e. The van der Waals surface area contributed by atoms with Gasteiger partial charge in [-0.1, -0.05) is 38.8 Å². The van der Waals surface area contributed by atoms with E-state index in [-0.39, 0.29) is 5.91 Å². The highest BCUT2D eigenvalue weighted by Gasteiger charge is 2.03. The van der Waals surface area contributed by atoms with E-state index >= 15 is 0 Å². The van der Waals surface area contributed by atoms with Gasteiger partial charge in [-0.25, -0.2) is 0 Å². The quantitative estimate of drug-likeness (QED) is 0.764. The van der Waals surface area contributed by atoms with Crippen LogP contribution >= 0.6 is 0 Å². The van der Waals surface area contributed by atoms with Gasteiger partial charge in [-0.2, -0.15) is 5.26 Å². The van der Waals surface area contributed by atoms with Gasteiger partial charge in [-0.3, -0.25) is 4.79 Å². The molecule has 1 aromatic carbocycles. The Bertz CT molecular complexity index is 429. The highest BCUT2D eigenvalue weighted by atomic mass is 16.1. The monoisotopic (exact) mass is 258 g/mol. The number of rotatable bonds is 7. The van der Waals surface area contributed by atoms with E-state index in [2.05, 4.69) is 25.2 Å². The molecular formula is C16H22N2O. The molecular weight excluding hydrogens is 236 g/mol. The summed E-state index contributed by atoms with van der Waals surface area (Å²) in [6.45, 7) is 5.18. The van der Waals surface area contributed by atoms with Gasteiger partial charge in [0, 0.05) is 6.54 Å². The van der Waals surface area contributed by atoms with E-state index in [9.17, 15) is 4.79 Å². The molecule has 0 radical (unpaired) electrons. The first kappa shape index (κ1) is 15.2. The number of nitrogens with zero attached hydrogens (tertiary/aromatic N) is 1. The number of carbonyl (C=O) groups is 1. The Kier molecular flexibility index (Phi) is 6.67. The van der Waals surface area contributed by atoms with Gasteiger partial charge in [-0.15, -0.1) is 0 Å². The van der Waals surface area contributed by atoms with Crippen LogP contribution in [0.5, 0.6) is 0 Å². The third-order valence-corrected chi connectivity index (χ3v) is 2.98. The first-order chi connectivity index (χ1) is 9.11. The van der Waals surface area contributed by atoms with Crippen LogP contribution in [0.1, 0.15) is 44.2 Å². The van der Waals surface area contributed by atoms with E-state index in [0.717, 1.165) is 30.9 Å². The average Bonchev–Trinajstić information content (AvgIpc) is 2.39. The molecule has 1 amide bonds. The zero-order valence-electron chi connectivity index (χ0n) is 11.8. The average molecular weight is 258 g/mol. The van der Waals surface area contributed by atoms with E-state index in [1.807, 2.05) is 12.1 Å². The normalized spacial score (nSPS) is 10.2.